The smallest absolute Gasteiger partial charge is 0.305 e. The summed E-state index contributed by atoms with van der Waals surface area (Å²) in [5, 5.41) is 11.0. The van der Waals surface area contributed by atoms with Gasteiger partial charge in [-0.2, -0.15) is 0 Å². The number of hydrogen-bond donors (Lipinski definition) is 1. The summed E-state index contributed by atoms with van der Waals surface area (Å²) in [5.74, 6) is 3.13. The average molecular weight is 387 g/mol. The lowest BCUT2D eigenvalue weighted by Gasteiger charge is -2.51. The van der Waals surface area contributed by atoms with Gasteiger partial charge in [-0.25, -0.2) is 0 Å². The van der Waals surface area contributed by atoms with Crippen LogP contribution in [0, 0.1) is 23.2 Å². The van der Waals surface area contributed by atoms with E-state index >= 15 is 0 Å². The summed E-state index contributed by atoms with van der Waals surface area (Å²) >= 11 is 0. The lowest BCUT2D eigenvalue weighted by Crippen LogP contribution is -2.45. The topological polar surface area (TPSA) is 55.8 Å². The van der Waals surface area contributed by atoms with Gasteiger partial charge in [0.05, 0.1) is 20.3 Å². The molecule has 0 saturated heterocycles. The van der Waals surface area contributed by atoms with Crippen LogP contribution in [0.2, 0.25) is 0 Å². The Bertz CT molecular complexity index is 729. The Labute approximate surface area is 168 Å². The summed E-state index contributed by atoms with van der Waals surface area (Å²) in [5.41, 5.74) is 2.99. The van der Waals surface area contributed by atoms with Crippen molar-refractivity contribution in [3.05, 3.63) is 29.3 Å². The molecule has 4 rings (SSSR count). The van der Waals surface area contributed by atoms with Crippen molar-refractivity contribution in [2.45, 2.75) is 70.3 Å². The molecule has 6 atom stereocenters. The van der Waals surface area contributed by atoms with Gasteiger partial charge in [0.1, 0.15) is 5.75 Å². The van der Waals surface area contributed by atoms with E-state index in [1.54, 1.807) is 7.11 Å². The van der Waals surface area contributed by atoms with Crippen molar-refractivity contribution >= 4 is 5.97 Å². The minimum atomic E-state index is -0.209. The van der Waals surface area contributed by atoms with Gasteiger partial charge in [-0.15, -0.1) is 0 Å². The number of aliphatic hydroxyl groups is 1. The number of carbonyl (C=O) groups is 1. The SMILES string of the molecule is COC(=O)CCC[C@@H]1C[C@H](O)[C@@]2(C)CCC3c4ccc(OC)cc4CCC3C12. The van der Waals surface area contributed by atoms with Crippen LogP contribution >= 0.6 is 0 Å². The van der Waals surface area contributed by atoms with Gasteiger partial charge in [0.25, 0.3) is 0 Å². The molecule has 0 aromatic heterocycles. The van der Waals surface area contributed by atoms with Gasteiger partial charge in [0.15, 0.2) is 0 Å². The van der Waals surface area contributed by atoms with Crippen molar-refractivity contribution in [2.75, 3.05) is 14.2 Å². The van der Waals surface area contributed by atoms with E-state index in [9.17, 15) is 9.90 Å². The van der Waals surface area contributed by atoms with Crippen molar-refractivity contribution in [3.8, 4) is 5.75 Å². The number of fused-ring (bicyclic) bond motifs is 5. The van der Waals surface area contributed by atoms with Gasteiger partial charge in [0, 0.05) is 6.42 Å². The van der Waals surface area contributed by atoms with Crippen LogP contribution in [0.15, 0.2) is 18.2 Å². The molecular formula is C24H34O4. The molecule has 4 heteroatoms. The molecule has 28 heavy (non-hydrogen) atoms. The van der Waals surface area contributed by atoms with Crippen LogP contribution in [0.1, 0.15) is 68.9 Å². The zero-order valence-electron chi connectivity index (χ0n) is 17.4. The van der Waals surface area contributed by atoms with E-state index in [0.29, 0.717) is 30.1 Å². The highest BCUT2D eigenvalue weighted by molar-refractivity contribution is 5.68. The molecule has 0 aliphatic heterocycles. The summed E-state index contributed by atoms with van der Waals surface area (Å²) < 4.78 is 10.2. The summed E-state index contributed by atoms with van der Waals surface area (Å²) in [7, 11) is 3.19. The monoisotopic (exact) mass is 386 g/mol. The molecule has 2 fully saturated rings. The van der Waals surface area contributed by atoms with Gasteiger partial charge in [-0.3, -0.25) is 4.79 Å². The van der Waals surface area contributed by atoms with Crippen molar-refractivity contribution in [3.63, 3.8) is 0 Å². The average Bonchev–Trinajstić information content (AvgIpc) is 2.97. The first kappa shape index (κ1) is 19.8. The fraction of sp³-hybridized carbons (Fsp3) is 0.708. The van der Waals surface area contributed by atoms with E-state index in [-0.39, 0.29) is 17.5 Å². The Kier molecular flexibility index (Phi) is 5.43. The number of carbonyl (C=O) groups excluding carboxylic acids is 1. The minimum Gasteiger partial charge on any atom is -0.497 e. The molecule has 3 unspecified atom stereocenters. The standard InChI is InChI=1S/C24H34O4/c1-24-12-11-19-18-10-8-17(27-2)13-15(18)7-9-20(19)23(24)16(14-21(24)25)5-4-6-22(26)28-3/h8,10,13,16,19-21,23,25H,4-7,9,11-12,14H2,1-3H3/t16-,19?,20?,21+,23?,24-/m1/s1. The van der Waals surface area contributed by atoms with E-state index in [4.69, 9.17) is 9.47 Å². The zero-order chi connectivity index (χ0) is 19.9. The molecule has 2 saturated carbocycles. The van der Waals surface area contributed by atoms with Crippen LogP contribution in [0.4, 0.5) is 0 Å². The Morgan fingerprint density at radius 3 is 2.86 bits per heavy atom. The summed E-state index contributed by atoms with van der Waals surface area (Å²) in [4.78, 5) is 11.5. The zero-order valence-corrected chi connectivity index (χ0v) is 17.4. The van der Waals surface area contributed by atoms with E-state index < -0.39 is 0 Å². The number of aryl methyl sites for hydroxylation is 1. The Balaban J connectivity index is 1.56. The number of rotatable bonds is 5. The largest absolute Gasteiger partial charge is 0.497 e. The van der Waals surface area contributed by atoms with E-state index in [2.05, 4.69) is 25.1 Å². The molecule has 1 N–H and O–H groups in total. The normalized spacial score (nSPS) is 36.2. The van der Waals surface area contributed by atoms with Gasteiger partial charge in [0.2, 0.25) is 0 Å². The number of benzene rings is 1. The summed E-state index contributed by atoms with van der Waals surface area (Å²) in [6.45, 7) is 2.32. The lowest BCUT2D eigenvalue weighted by atomic mass is 9.53. The van der Waals surface area contributed by atoms with E-state index in [0.717, 1.165) is 37.9 Å². The lowest BCUT2D eigenvalue weighted by molar-refractivity contribution is -0.140. The third-order valence-corrected chi connectivity index (χ3v) is 8.21. The molecule has 1 aromatic rings. The first-order chi connectivity index (χ1) is 13.5. The molecule has 154 valence electrons. The van der Waals surface area contributed by atoms with E-state index in [1.807, 2.05) is 0 Å². The molecule has 0 spiro atoms. The van der Waals surface area contributed by atoms with E-state index in [1.165, 1.54) is 31.1 Å². The third-order valence-electron chi connectivity index (χ3n) is 8.21. The second-order valence-electron chi connectivity index (χ2n) is 9.42. The maximum Gasteiger partial charge on any atom is 0.305 e. The number of aliphatic hydroxyl groups excluding tert-OH is 1. The molecule has 0 bridgehead atoms. The fourth-order valence-electron chi connectivity index (χ4n) is 6.85. The molecule has 1 aromatic carbocycles. The van der Waals surface area contributed by atoms with Crippen LogP contribution in [0.5, 0.6) is 5.75 Å². The van der Waals surface area contributed by atoms with Crippen LogP contribution in [-0.2, 0) is 16.0 Å². The molecule has 3 aliphatic carbocycles. The van der Waals surface area contributed by atoms with Crippen molar-refractivity contribution in [1.82, 2.24) is 0 Å². The first-order valence-electron chi connectivity index (χ1n) is 10.9. The second-order valence-corrected chi connectivity index (χ2v) is 9.42. The Morgan fingerprint density at radius 1 is 1.29 bits per heavy atom. The fourth-order valence-corrected chi connectivity index (χ4v) is 6.85. The van der Waals surface area contributed by atoms with Crippen LogP contribution in [0.3, 0.4) is 0 Å². The molecule has 4 nitrogen and oxygen atoms in total. The molecule has 0 heterocycles. The highest BCUT2D eigenvalue weighted by Gasteiger charge is 2.58. The number of hydrogen-bond acceptors (Lipinski definition) is 4. The molecule has 0 radical (unpaired) electrons. The van der Waals surface area contributed by atoms with Crippen molar-refractivity contribution in [1.29, 1.82) is 0 Å². The minimum absolute atomic E-state index is 0.0288. The highest BCUT2D eigenvalue weighted by Crippen LogP contribution is 2.63. The molecule has 0 amide bonds. The third kappa shape index (κ3) is 3.24. The summed E-state index contributed by atoms with van der Waals surface area (Å²) in [6, 6.07) is 6.61. The second kappa shape index (κ2) is 7.70. The van der Waals surface area contributed by atoms with Gasteiger partial charge in [-0.05, 0) is 97.3 Å². The predicted octanol–water partition coefficient (Wildman–Crippen LogP) is 4.48. The van der Waals surface area contributed by atoms with Crippen LogP contribution in [0.25, 0.3) is 0 Å². The summed E-state index contributed by atoms with van der Waals surface area (Å²) in [6.07, 6.45) is 7.62. The number of methoxy groups -OCH3 is 2. The van der Waals surface area contributed by atoms with Crippen molar-refractivity contribution < 1.29 is 19.4 Å². The quantitative estimate of drug-likeness (QED) is 0.758. The van der Waals surface area contributed by atoms with Gasteiger partial charge >= 0.3 is 5.97 Å². The highest BCUT2D eigenvalue weighted by atomic mass is 16.5. The predicted molar refractivity (Wildman–Crippen MR) is 108 cm³/mol. The van der Waals surface area contributed by atoms with Crippen LogP contribution in [-0.4, -0.2) is 31.4 Å². The first-order valence-corrected chi connectivity index (χ1v) is 10.9. The van der Waals surface area contributed by atoms with Crippen LogP contribution < -0.4 is 4.74 Å². The number of esters is 1. The Hall–Kier alpha value is -1.55. The number of ether oxygens (including phenoxy) is 2. The van der Waals surface area contributed by atoms with Gasteiger partial charge in [-0.1, -0.05) is 13.0 Å². The molecular weight excluding hydrogens is 352 g/mol. The maximum absolute atomic E-state index is 11.5. The van der Waals surface area contributed by atoms with Crippen molar-refractivity contribution in [2.24, 2.45) is 23.2 Å². The maximum atomic E-state index is 11.5. The molecule has 3 aliphatic rings. The van der Waals surface area contributed by atoms with Gasteiger partial charge < -0.3 is 14.6 Å². The Morgan fingerprint density at radius 2 is 2.11 bits per heavy atom.